The molecule has 1 atom stereocenters. The minimum atomic E-state index is -0.480. The van der Waals surface area contributed by atoms with Gasteiger partial charge >= 0.3 is 6.09 Å². The summed E-state index contributed by atoms with van der Waals surface area (Å²) in [7, 11) is 1.78. The molecule has 0 radical (unpaired) electrons. The topological polar surface area (TPSA) is 78.4 Å². The molecule has 2 N–H and O–H groups in total. The number of rotatable bonds is 10. The smallest absolute Gasteiger partial charge is 0.410 e. The third-order valence-electron chi connectivity index (χ3n) is 4.98. The first kappa shape index (κ1) is 27.5. The molecule has 31 heavy (non-hydrogen) atoms. The van der Waals surface area contributed by atoms with Gasteiger partial charge in [0.2, 0.25) is 0 Å². The van der Waals surface area contributed by atoms with Gasteiger partial charge in [-0.2, -0.15) is 0 Å². The maximum Gasteiger partial charge on any atom is 0.410 e. The number of ether oxygens (including phenoxy) is 2. The first-order valence-corrected chi connectivity index (χ1v) is 11.8. The van der Waals surface area contributed by atoms with Crippen LogP contribution in [-0.2, 0) is 9.47 Å². The van der Waals surface area contributed by atoms with E-state index < -0.39 is 5.60 Å². The number of hydrogen-bond donors (Lipinski definition) is 2. The van der Waals surface area contributed by atoms with Crippen molar-refractivity contribution in [3.8, 4) is 0 Å². The number of nitrogens with zero attached hydrogens (tertiary/aromatic N) is 3. The van der Waals surface area contributed by atoms with E-state index in [-0.39, 0.29) is 12.0 Å². The number of guanidine groups is 1. The average molecular weight is 442 g/mol. The Bertz CT molecular complexity index is 540. The van der Waals surface area contributed by atoms with Gasteiger partial charge < -0.3 is 29.9 Å². The first-order valence-electron chi connectivity index (χ1n) is 11.8. The molecule has 182 valence electrons. The van der Waals surface area contributed by atoms with Gasteiger partial charge in [0.1, 0.15) is 5.60 Å². The van der Waals surface area contributed by atoms with Crippen molar-refractivity contribution in [2.75, 3.05) is 52.9 Å². The van der Waals surface area contributed by atoms with E-state index in [4.69, 9.17) is 14.5 Å². The molecular formula is C23H47N5O3. The Kier molecular flexibility index (Phi) is 12.2. The molecule has 1 saturated heterocycles. The highest BCUT2D eigenvalue weighted by Gasteiger charge is 2.22. The second-order valence-corrected chi connectivity index (χ2v) is 9.87. The van der Waals surface area contributed by atoms with Crippen molar-refractivity contribution in [1.29, 1.82) is 0 Å². The Labute approximate surface area is 190 Å². The van der Waals surface area contributed by atoms with Crippen LogP contribution in [0.2, 0.25) is 0 Å². The molecule has 8 nitrogen and oxygen atoms in total. The lowest BCUT2D eigenvalue weighted by Gasteiger charge is -2.33. The average Bonchev–Trinajstić information content (AvgIpc) is 2.66. The number of aliphatic imine (C=N–C) groups is 1. The lowest BCUT2D eigenvalue weighted by molar-refractivity contribution is 0.0278. The predicted octanol–water partition coefficient (Wildman–Crippen LogP) is 2.93. The van der Waals surface area contributed by atoms with Crippen LogP contribution in [0.3, 0.4) is 0 Å². The van der Waals surface area contributed by atoms with Crippen molar-refractivity contribution >= 4 is 12.1 Å². The van der Waals surface area contributed by atoms with E-state index in [1.165, 1.54) is 0 Å². The maximum absolute atomic E-state index is 12.2. The summed E-state index contributed by atoms with van der Waals surface area (Å²) in [5, 5.41) is 6.94. The van der Waals surface area contributed by atoms with E-state index in [2.05, 4.69) is 43.2 Å². The fraction of sp³-hybridized carbons (Fsp3) is 0.913. The van der Waals surface area contributed by atoms with E-state index in [9.17, 15) is 4.79 Å². The summed E-state index contributed by atoms with van der Waals surface area (Å²) < 4.78 is 11.1. The molecule has 1 unspecified atom stereocenters. The molecule has 1 aliphatic heterocycles. The zero-order valence-electron chi connectivity index (χ0n) is 21.2. The lowest BCUT2D eigenvalue weighted by atomic mass is 10.1. The molecule has 0 saturated carbocycles. The van der Waals surface area contributed by atoms with Gasteiger partial charge in [0.25, 0.3) is 0 Å². The molecule has 0 aliphatic carbocycles. The highest BCUT2D eigenvalue weighted by Crippen LogP contribution is 2.11. The largest absolute Gasteiger partial charge is 0.444 e. The van der Waals surface area contributed by atoms with Crippen molar-refractivity contribution in [3.05, 3.63) is 0 Å². The van der Waals surface area contributed by atoms with Crippen LogP contribution in [-0.4, -0.2) is 92.5 Å². The zero-order chi connectivity index (χ0) is 23.4. The second kappa shape index (κ2) is 13.8. The minimum absolute atomic E-state index is 0.232. The van der Waals surface area contributed by atoms with Gasteiger partial charge in [-0.1, -0.05) is 6.92 Å². The summed E-state index contributed by atoms with van der Waals surface area (Å²) in [6.45, 7) is 20.0. The monoisotopic (exact) mass is 441 g/mol. The van der Waals surface area contributed by atoms with Crippen LogP contribution in [0.1, 0.15) is 61.3 Å². The fourth-order valence-corrected chi connectivity index (χ4v) is 3.42. The van der Waals surface area contributed by atoms with Crippen molar-refractivity contribution < 1.29 is 14.3 Å². The van der Waals surface area contributed by atoms with Gasteiger partial charge in [0, 0.05) is 52.4 Å². The Hall–Kier alpha value is -1.54. The highest BCUT2D eigenvalue weighted by molar-refractivity contribution is 5.80. The van der Waals surface area contributed by atoms with Crippen molar-refractivity contribution in [2.45, 2.75) is 79.1 Å². The molecule has 0 aromatic carbocycles. The standard InChI is InChI=1S/C23H47N5O3/c1-9-24-21(25-16-19(4)17-27(8)22(29)31-23(5,6)7)26-20-10-12-28(13-11-20)14-15-30-18(2)3/h18-20H,9-17H2,1-8H3,(H2,24,25,26). The third-order valence-corrected chi connectivity index (χ3v) is 4.98. The zero-order valence-corrected chi connectivity index (χ0v) is 21.2. The Morgan fingerprint density at radius 2 is 1.87 bits per heavy atom. The number of likely N-dealkylation sites (tertiary alicyclic amines) is 1. The van der Waals surface area contributed by atoms with Crippen LogP contribution in [0.15, 0.2) is 4.99 Å². The van der Waals surface area contributed by atoms with Crippen LogP contribution < -0.4 is 10.6 Å². The van der Waals surface area contributed by atoms with E-state index in [1.807, 2.05) is 20.8 Å². The van der Waals surface area contributed by atoms with Gasteiger partial charge in [-0.05, 0) is 60.3 Å². The normalized spacial score (nSPS) is 17.5. The molecule has 0 aromatic heterocycles. The number of piperidine rings is 1. The van der Waals surface area contributed by atoms with E-state index in [1.54, 1.807) is 11.9 Å². The lowest BCUT2D eigenvalue weighted by Crippen LogP contribution is -2.49. The van der Waals surface area contributed by atoms with Gasteiger partial charge in [-0.3, -0.25) is 4.99 Å². The molecule has 1 heterocycles. The molecule has 0 bridgehead atoms. The predicted molar refractivity (Wildman–Crippen MR) is 128 cm³/mol. The van der Waals surface area contributed by atoms with Crippen molar-refractivity contribution in [1.82, 2.24) is 20.4 Å². The summed E-state index contributed by atoms with van der Waals surface area (Å²) in [5.74, 6) is 1.09. The van der Waals surface area contributed by atoms with Gasteiger partial charge in [-0.15, -0.1) is 0 Å². The third kappa shape index (κ3) is 12.8. The van der Waals surface area contributed by atoms with Crippen LogP contribution in [0.4, 0.5) is 4.79 Å². The first-order chi connectivity index (χ1) is 14.5. The number of carbonyl (C=O) groups excluding carboxylic acids is 1. The molecule has 1 amide bonds. The Morgan fingerprint density at radius 1 is 1.23 bits per heavy atom. The van der Waals surface area contributed by atoms with Crippen LogP contribution in [0.25, 0.3) is 0 Å². The molecule has 0 aromatic rings. The van der Waals surface area contributed by atoms with E-state index in [0.717, 1.165) is 51.6 Å². The Balaban J connectivity index is 2.43. The molecule has 8 heteroatoms. The van der Waals surface area contributed by atoms with Crippen LogP contribution in [0, 0.1) is 5.92 Å². The number of carbonyl (C=O) groups is 1. The maximum atomic E-state index is 12.2. The van der Waals surface area contributed by atoms with E-state index in [0.29, 0.717) is 25.2 Å². The van der Waals surface area contributed by atoms with Gasteiger partial charge in [0.15, 0.2) is 5.96 Å². The Morgan fingerprint density at radius 3 is 2.42 bits per heavy atom. The summed E-state index contributed by atoms with van der Waals surface area (Å²) in [6.07, 6.45) is 2.20. The van der Waals surface area contributed by atoms with Gasteiger partial charge in [-0.25, -0.2) is 4.79 Å². The molecule has 1 aliphatic rings. The summed E-state index contributed by atoms with van der Waals surface area (Å²) in [6, 6.07) is 0.430. The van der Waals surface area contributed by atoms with Crippen LogP contribution >= 0.6 is 0 Å². The van der Waals surface area contributed by atoms with Crippen LogP contribution in [0.5, 0.6) is 0 Å². The minimum Gasteiger partial charge on any atom is -0.444 e. The van der Waals surface area contributed by atoms with Crippen molar-refractivity contribution in [3.63, 3.8) is 0 Å². The number of nitrogens with one attached hydrogen (secondary N) is 2. The number of amides is 1. The molecule has 0 spiro atoms. The highest BCUT2D eigenvalue weighted by atomic mass is 16.6. The molecular weight excluding hydrogens is 394 g/mol. The summed E-state index contributed by atoms with van der Waals surface area (Å²) in [4.78, 5) is 21.0. The second-order valence-electron chi connectivity index (χ2n) is 9.87. The molecule has 1 fully saturated rings. The fourth-order valence-electron chi connectivity index (χ4n) is 3.42. The quantitative estimate of drug-likeness (QED) is 0.401. The number of hydrogen-bond acceptors (Lipinski definition) is 5. The van der Waals surface area contributed by atoms with Crippen molar-refractivity contribution in [2.24, 2.45) is 10.9 Å². The van der Waals surface area contributed by atoms with E-state index >= 15 is 0 Å². The molecule has 1 rings (SSSR count). The summed E-state index contributed by atoms with van der Waals surface area (Å²) in [5.41, 5.74) is -0.480. The summed E-state index contributed by atoms with van der Waals surface area (Å²) >= 11 is 0. The van der Waals surface area contributed by atoms with Gasteiger partial charge in [0.05, 0.1) is 12.7 Å². The SMILES string of the molecule is CCNC(=NCC(C)CN(C)C(=O)OC(C)(C)C)NC1CCN(CCOC(C)C)CC1.